The summed E-state index contributed by atoms with van der Waals surface area (Å²) >= 11 is 0. The Kier molecular flexibility index (Phi) is 11.0. The number of hydrogen-bond donors (Lipinski definition) is 0. The maximum Gasteiger partial charge on any atom is 2.00 e. The van der Waals surface area contributed by atoms with E-state index in [-0.39, 0.29) is 34.6 Å². The van der Waals surface area contributed by atoms with Crippen molar-refractivity contribution in [3.8, 4) is 0 Å². The van der Waals surface area contributed by atoms with Gasteiger partial charge in [0.25, 0.3) is 0 Å². The fraction of sp³-hybridized carbons (Fsp3) is 0.684. The average Bonchev–Trinajstić information content (AvgIpc) is 2.64. The molecule has 1 rings (SSSR count). The Labute approximate surface area is 149 Å². The fourth-order valence-electron chi connectivity index (χ4n) is 3.85. The van der Waals surface area contributed by atoms with Gasteiger partial charge in [0.05, 0.1) is 0 Å². The van der Waals surface area contributed by atoms with E-state index in [0.29, 0.717) is 0 Å². The molecule has 0 saturated heterocycles. The van der Waals surface area contributed by atoms with Gasteiger partial charge in [-0.1, -0.05) is 39.7 Å². The van der Waals surface area contributed by atoms with Gasteiger partial charge >= 0.3 is 21.7 Å². The molecule has 0 bridgehead atoms. The van der Waals surface area contributed by atoms with E-state index in [1.165, 1.54) is 24.8 Å². The van der Waals surface area contributed by atoms with Crippen LogP contribution in [0.4, 0.5) is 0 Å². The minimum atomic E-state index is 0. The van der Waals surface area contributed by atoms with Crippen molar-refractivity contribution in [2.24, 2.45) is 5.41 Å². The third-order valence-corrected chi connectivity index (χ3v) is 4.90. The van der Waals surface area contributed by atoms with Crippen LogP contribution in [0.1, 0.15) is 59.8 Å². The van der Waals surface area contributed by atoms with Crippen LogP contribution in [0.25, 0.3) is 0 Å². The van der Waals surface area contributed by atoms with Crippen molar-refractivity contribution in [3.63, 3.8) is 0 Å². The van der Waals surface area contributed by atoms with Gasteiger partial charge in [-0.2, -0.15) is 5.57 Å². The molecule has 0 N–H and O–H groups in total. The summed E-state index contributed by atoms with van der Waals surface area (Å²) in [7, 11) is 4.34. The Hall–Kier alpha value is 0.0243. The summed E-state index contributed by atoms with van der Waals surface area (Å²) in [6, 6.07) is 0. The largest absolute Gasteiger partial charge is 2.00 e. The zero-order valence-corrected chi connectivity index (χ0v) is 17.0. The molecule has 0 fully saturated rings. The fourth-order valence-corrected chi connectivity index (χ4v) is 3.85. The van der Waals surface area contributed by atoms with E-state index in [1.807, 2.05) is 0 Å². The molecule has 1 aliphatic rings. The normalized spacial score (nSPS) is 21.7. The molecule has 21 heavy (non-hydrogen) atoms. The monoisotopic (exact) mass is 325 g/mol. The summed E-state index contributed by atoms with van der Waals surface area (Å²) in [5.41, 5.74) is 6.53. The summed E-state index contributed by atoms with van der Waals surface area (Å²) in [6.45, 7) is 14.9. The van der Waals surface area contributed by atoms with Crippen LogP contribution in [0.3, 0.4) is 0 Å². The first-order chi connectivity index (χ1) is 8.98. The van der Waals surface area contributed by atoms with Gasteiger partial charge in [-0.3, -0.25) is 0 Å². The maximum absolute atomic E-state index is 4.51. The standard InChI is InChI=1S/C18H32N.CH3.Ti/c1-8-15-14(5)18(11-4,12-13-19(6)7)17(10-3)16(15)9-2;;/h5,8-13H2,1-4,6-7H3;1H3;/q2*-1;+2. The van der Waals surface area contributed by atoms with Crippen molar-refractivity contribution in [2.75, 3.05) is 20.6 Å². The van der Waals surface area contributed by atoms with Gasteiger partial charge in [0.1, 0.15) is 0 Å². The van der Waals surface area contributed by atoms with Crippen LogP contribution < -0.4 is 0 Å². The molecule has 0 saturated carbocycles. The van der Waals surface area contributed by atoms with Gasteiger partial charge < -0.3 is 12.3 Å². The van der Waals surface area contributed by atoms with Gasteiger partial charge in [0.2, 0.25) is 0 Å². The van der Waals surface area contributed by atoms with Crippen molar-refractivity contribution in [2.45, 2.75) is 59.8 Å². The molecule has 0 aromatic heterocycles. The van der Waals surface area contributed by atoms with Crippen LogP contribution in [0.5, 0.6) is 0 Å². The van der Waals surface area contributed by atoms with Crippen LogP contribution in [0.15, 0.2) is 22.3 Å². The zero-order valence-electron chi connectivity index (χ0n) is 15.4. The predicted octanol–water partition coefficient (Wildman–Crippen LogP) is 5.45. The Bertz CT molecular complexity index is 379. The molecule has 0 spiro atoms. The molecular weight excluding hydrogens is 290 g/mol. The van der Waals surface area contributed by atoms with E-state index in [0.717, 1.165) is 19.4 Å². The number of allylic oxidation sites excluding steroid dienone is 4. The van der Waals surface area contributed by atoms with Gasteiger partial charge in [-0.25, -0.2) is 12.5 Å². The molecular formula is C19H35NTi. The van der Waals surface area contributed by atoms with Crippen molar-refractivity contribution in [3.05, 3.63) is 36.6 Å². The van der Waals surface area contributed by atoms with Crippen LogP contribution in [-0.4, -0.2) is 25.5 Å². The second-order valence-electron chi connectivity index (χ2n) is 5.96. The molecule has 0 radical (unpaired) electrons. The molecule has 0 aliphatic heterocycles. The van der Waals surface area contributed by atoms with Crippen molar-refractivity contribution >= 4 is 0 Å². The Morgan fingerprint density at radius 3 is 1.81 bits per heavy atom. The minimum absolute atomic E-state index is 0. The molecule has 120 valence electrons. The van der Waals surface area contributed by atoms with E-state index in [1.54, 1.807) is 16.7 Å². The topological polar surface area (TPSA) is 3.24 Å². The van der Waals surface area contributed by atoms with E-state index in [2.05, 4.69) is 53.6 Å². The van der Waals surface area contributed by atoms with Gasteiger partial charge in [-0.05, 0) is 51.7 Å². The number of rotatable bonds is 7. The first kappa shape index (κ1) is 23.3. The second-order valence-corrected chi connectivity index (χ2v) is 5.96. The zero-order chi connectivity index (χ0) is 14.6. The van der Waals surface area contributed by atoms with Crippen molar-refractivity contribution in [1.29, 1.82) is 0 Å². The summed E-state index contributed by atoms with van der Waals surface area (Å²) < 4.78 is 0. The average molecular weight is 325 g/mol. The maximum atomic E-state index is 4.51. The summed E-state index contributed by atoms with van der Waals surface area (Å²) in [6.07, 6.45) is 5.87. The third-order valence-electron chi connectivity index (χ3n) is 4.90. The molecule has 0 aromatic rings. The summed E-state index contributed by atoms with van der Waals surface area (Å²) in [4.78, 5) is 2.30. The minimum Gasteiger partial charge on any atom is -0.358 e. The van der Waals surface area contributed by atoms with E-state index >= 15 is 0 Å². The van der Waals surface area contributed by atoms with Crippen molar-refractivity contribution in [1.82, 2.24) is 4.90 Å². The van der Waals surface area contributed by atoms with Crippen LogP contribution >= 0.6 is 0 Å². The Morgan fingerprint density at radius 2 is 1.48 bits per heavy atom. The molecule has 1 nitrogen and oxygen atoms in total. The predicted molar refractivity (Wildman–Crippen MR) is 92.6 cm³/mol. The number of hydrogen-bond acceptors (Lipinski definition) is 1. The summed E-state index contributed by atoms with van der Waals surface area (Å²) in [5.74, 6) is 0. The van der Waals surface area contributed by atoms with Gasteiger partial charge in [0, 0.05) is 0 Å². The molecule has 2 heteroatoms. The number of nitrogens with zero attached hydrogens (tertiary/aromatic N) is 1. The molecule has 1 atom stereocenters. The van der Waals surface area contributed by atoms with Crippen LogP contribution in [0, 0.1) is 19.8 Å². The van der Waals surface area contributed by atoms with Crippen LogP contribution in [-0.2, 0) is 21.7 Å². The van der Waals surface area contributed by atoms with E-state index in [9.17, 15) is 0 Å². The Balaban J connectivity index is 0. The third kappa shape index (κ3) is 4.27. The Morgan fingerprint density at radius 1 is 0.952 bits per heavy atom. The SMILES string of the molecule is [CH2-]C1=C(CC)C(CC)=C(CC)C1(CC)CCN(C)C.[CH3-].[Ti+2]. The molecule has 0 aromatic carbocycles. The van der Waals surface area contributed by atoms with Crippen LogP contribution in [0.2, 0.25) is 0 Å². The quantitative estimate of drug-likeness (QED) is 0.444. The van der Waals surface area contributed by atoms with E-state index in [4.69, 9.17) is 0 Å². The first-order valence-corrected chi connectivity index (χ1v) is 7.91. The van der Waals surface area contributed by atoms with E-state index < -0.39 is 0 Å². The smallest absolute Gasteiger partial charge is 0.358 e. The molecule has 1 aliphatic carbocycles. The molecule has 1 unspecified atom stereocenters. The second kappa shape index (κ2) is 9.92. The molecule has 0 heterocycles. The van der Waals surface area contributed by atoms with Crippen molar-refractivity contribution < 1.29 is 21.7 Å². The van der Waals surface area contributed by atoms with Gasteiger partial charge in [0.15, 0.2) is 0 Å². The summed E-state index contributed by atoms with van der Waals surface area (Å²) in [5, 5.41) is 0. The van der Waals surface area contributed by atoms with Gasteiger partial charge in [-0.15, -0.1) is 5.57 Å². The first-order valence-electron chi connectivity index (χ1n) is 7.91. The molecule has 0 amide bonds.